The molecule has 0 atom stereocenters. The lowest BCUT2D eigenvalue weighted by molar-refractivity contribution is -0.112. The van der Waals surface area contributed by atoms with Crippen LogP contribution in [0, 0.1) is 0 Å². The van der Waals surface area contributed by atoms with E-state index in [9.17, 15) is 4.79 Å². The van der Waals surface area contributed by atoms with Crippen LogP contribution < -0.4 is 4.90 Å². The summed E-state index contributed by atoms with van der Waals surface area (Å²) < 4.78 is 5.25. The summed E-state index contributed by atoms with van der Waals surface area (Å²) in [5.74, 6) is 0.695. The molecule has 0 unspecified atom stereocenters. The van der Waals surface area contributed by atoms with Gasteiger partial charge >= 0.3 is 0 Å². The van der Waals surface area contributed by atoms with Gasteiger partial charge in [0.05, 0.1) is 17.5 Å². The highest BCUT2D eigenvalue weighted by Crippen LogP contribution is 2.36. The lowest BCUT2D eigenvalue weighted by Crippen LogP contribution is -2.20. The minimum absolute atomic E-state index is 0.00241. The number of carbonyl (C=O) groups is 1. The molecule has 0 N–H and O–H groups in total. The molecule has 0 radical (unpaired) electrons. The summed E-state index contributed by atoms with van der Waals surface area (Å²) in [6.07, 6.45) is 3.38. The number of para-hydroxylation sites is 1. The third-order valence-corrected chi connectivity index (χ3v) is 2.92. The van der Waals surface area contributed by atoms with E-state index in [1.54, 1.807) is 30.4 Å². The van der Waals surface area contributed by atoms with Crippen molar-refractivity contribution in [1.82, 2.24) is 0 Å². The van der Waals surface area contributed by atoms with Crippen molar-refractivity contribution >= 4 is 23.2 Å². The SMILES string of the molecule is CN1C(=O)/C(=C/c2ccco2)c2ccccc21. The Labute approximate surface area is 99.0 Å². The molecular formula is C14H11NO2. The average molecular weight is 225 g/mol. The predicted molar refractivity (Wildman–Crippen MR) is 66.4 cm³/mol. The zero-order valence-electron chi connectivity index (χ0n) is 9.38. The molecule has 17 heavy (non-hydrogen) atoms. The van der Waals surface area contributed by atoms with Gasteiger partial charge in [0.15, 0.2) is 0 Å². The van der Waals surface area contributed by atoms with Crippen molar-refractivity contribution in [3.63, 3.8) is 0 Å². The van der Waals surface area contributed by atoms with Crippen LogP contribution in [0.25, 0.3) is 11.6 Å². The monoisotopic (exact) mass is 225 g/mol. The van der Waals surface area contributed by atoms with E-state index in [-0.39, 0.29) is 5.91 Å². The molecule has 3 nitrogen and oxygen atoms in total. The van der Waals surface area contributed by atoms with Gasteiger partial charge in [-0.15, -0.1) is 0 Å². The second kappa shape index (κ2) is 3.63. The van der Waals surface area contributed by atoms with Crippen molar-refractivity contribution in [2.45, 2.75) is 0 Å². The summed E-state index contributed by atoms with van der Waals surface area (Å²) in [7, 11) is 1.78. The van der Waals surface area contributed by atoms with Crippen LogP contribution >= 0.6 is 0 Å². The molecule has 0 spiro atoms. The summed E-state index contributed by atoms with van der Waals surface area (Å²) in [4.78, 5) is 13.8. The molecule has 3 rings (SSSR count). The van der Waals surface area contributed by atoms with Gasteiger partial charge in [-0.3, -0.25) is 4.79 Å². The third kappa shape index (κ3) is 1.47. The van der Waals surface area contributed by atoms with Gasteiger partial charge in [0.1, 0.15) is 5.76 Å². The first-order valence-electron chi connectivity index (χ1n) is 5.40. The lowest BCUT2D eigenvalue weighted by atomic mass is 10.1. The smallest absolute Gasteiger partial charge is 0.258 e. The van der Waals surface area contributed by atoms with E-state index in [0.29, 0.717) is 11.3 Å². The van der Waals surface area contributed by atoms with Crippen molar-refractivity contribution in [1.29, 1.82) is 0 Å². The van der Waals surface area contributed by atoms with E-state index in [1.165, 1.54) is 0 Å². The van der Waals surface area contributed by atoms with Gasteiger partial charge in [0, 0.05) is 12.6 Å². The number of rotatable bonds is 1. The molecule has 0 saturated heterocycles. The Morgan fingerprint density at radius 2 is 2.00 bits per heavy atom. The molecule has 1 aromatic heterocycles. The number of fused-ring (bicyclic) bond motifs is 1. The number of furan rings is 1. The fourth-order valence-electron chi connectivity index (χ4n) is 2.05. The first-order chi connectivity index (χ1) is 8.27. The highest BCUT2D eigenvalue weighted by molar-refractivity contribution is 6.35. The minimum Gasteiger partial charge on any atom is -0.465 e. The van der Waals surface area contributed by atoms with Crippen LogP contribution in [0.4, 0.5) is 5.69 Å². The zero-order chi connectivity index (χ0) is 11.8. The highest BCUT2D eigenvalue weighted by atomic mass is 16.3. The third-order valence-electron chi connectivity index (χ3n) is 2.92. The molecule has 0 fully saturated rings. The van der Waals surface area contributed by atoms with Crippen LogP contribution in [0.2, 0.25) is 0 Å². The van der Waals surface area contributed by atoms with Gasteiger partial charge in [0.25, 0.3) is 5.91 Å². The van der Waals surface area contributed by atoms with Gasteiger partial charge < -0.3 is 9.32 Å². The van der Waals surface area contributed by atoms with Crippen LogP contribution in [0.5, 0.6) is 0 Å². The van der Waals surface area contributed by atoms with Crippen LogP contribution in [0.3, 0.4) is 0 Å². The van der Waals surface area contributed by atoms with Crippen molar-refractivity contribution in [3.8, 4) is 0 Å². The number of likely N-dealkylation sites (N-methyl/N-ethyl adjacent to an activating group) is 1. The Bertz CT molecular complexity index is 596. The molecule has 1 aliphatic rings. The Balaban J connectivity index is 2.16. The fraction of sp³-hybridized carbons (Fsp3) is 0.0714. The number of amides is 1. The summed E-state index contributed by atoms with van der Waals surface area (Å²) in [6.45, 7) is 0. The first kappa shape index (κ1) is 9.90. The summed E-state index contributed by atoms with van der Waals surface area (Å²) in [6, 6.07) is 11.4. The lowest BCUT2D eigenvalue weighted by Gasteiger charge is -2.07. The largest absolute Gasteiger partial charge is 0.465 e. The fourth-order valence-corrected chi connectivity index (χ4v) is 2.05. The molecule has 1 aromatic carbocycles. The van der Waals surface area contributed by atoms with Gasteiger partial charge in [0.2, 0.25) is 0 Å². The summed E-state index contributed by atoms with van der Waals surface area (Å²) in [5.41, 5.74) is 2.57. The van der Waals surface area contributed by atoms with Crippen molar-refractivity contribution in [2.75, 3.05) is 11.9 Å². The van der Waals surface area contributed by atoms with E-state index in [1.807, 2.05) is 30.3 Å². The van der Waals surface area contributed by atoms with Gasteiger partial charge in [-0.05, 0) is 24.3 Å². The molecule has 3 heteroatoms. The number of benzene rings is 1. The second-order valence-corrected chi connectivity index (χ2v) is 3.95. The molecule has 2 aromatic rings. The molecular weight excluding hydrogens is 214 g/mol. The van der Waals surface area contributed by atoms with Crippen LogP contribution in [0.1, 0.15) is 11.3 Å². The molecule has 2 heterocycles. The number of nitrogens with zero attached hydrogens (tertiary/aromatic N) is 1. The van der Waals surface area contributed by atoms with E-state index in [2.05, 4.69) is 0 Å². The minimum atomic E-state index is 0.00241. The quantitative estimate of drug-likeness (QED) is 0.699. The predicted octanol–water partition coefficient (Wildman–Crippen LogP) is 2.80. The maximum atomic E-state index is 12.1. The van der Waals surface area contributed by atoms with Gasteiger partial charge in [-0.1, -0.05) is 18.2 Å². The van der Waals surface area contributed by atoms with Crippen molar-refractivity contribution < 1.29 is 9.21 Å². The Morgan fingerprint density at radius 3 is 2.76 bits per heavy atom. The standard InChI is InChI=1S/C14H11NO2/c1-15-13-7-3-2-6-11(13)12(14(15)16)9-10-5-4-8-17-10/h2-9H,1H3/b12-9+. The average Bonchev–Trinajstić information content (AvgIpc) is 2.94. The molecule has 0 bridgehead atoms. The van der Waals surface area contributed by atoms with E-state index in [0.717, 1.165) is 11.3 Å². The van der Waals surface area contributed by atoms with E-state index >= 15 is 0 Å². The molecule has 1 aliphatic heterocycles. The normalized spacial score (nSPS) is 16.6. The van der Waals surface area contributed by atoms with Crippen molar-refractivity contribution in [2.24, 2.45) is 0 Å². The maximum absolute atomic E-state index is 12.1. The number of anilines is 1. The second-order valence-electron chi connectivity index (χ2n) is 3.95. The maximum Gasteiger partial charge on any atom is 0.258 e. The topological polar surface area (TPSA) is 33.5 Å². The molecule has 1 amide bonds. The number of carbonyl (C=O) groups excluding carboxylic acids is 1. The molecule has 0 saturated carbocycles. The Kier molecular flexibility index (Phi) is 2.11. The van der Waals surface area contributed by atoms with Crippen LogP contribution in [0.15, 0.2) is 47.1 Å². The number of hydrogen-bond donors (Lipinski definition) is 0. The molecule has 84 valence electrons. The first-order valence-corrected chi connectivity index (χ1v) is 5.40. The van der Waals surface area contributed by atoms with E-state index < -0.39 is 0 Å². The van der Waals surface area contributed by atoms with Crippen LogP contribution in [-0.4, -0.2) is 13.0 Å². The Hall–Kier alpha value is -2.29. The van der Waals surface area contributed by atoms with E-state index in [4.69, 9.17) is 4.42 Å². The number of hydrogen-bond acceptors (Lipinski definition) is 2. The highest BCUT2D eigenvalue weighted by Gasteiger charge is 2.29. The Morgan fingerprint density at radius 1 is 1.18 bits per heavy atom. The summed E-state index contributed by atoms with van der Waals surface area (Å²) in [5, 5.41) is 0. The summed E-state index contributed by atoms with van der Waals surface area (Å²) >= 11 is 0. The van der Waals surface area contributed by atoms with Gasteiger partial charge in [-0.2, -0.15) is 0 Å². The molecule has 0 aliphatic carbocycles. The zero-order valence-corrected chi connectivity index (χ0v) is 9.38. The van der Waals surface area contributed by atoms with Crippen LogP contribution in [-0.2, 0) is 4.79 Å². The van der Waals surface area contributed by atoms with Gasteiger partial charge in [-0.25, -0.2) is 0 Å². The van der Waals surface area contributed by atoms with Crippen molar-refractivity contribution in [3.05, 3.63) is 54.0 Å².